The molecular formula is C10H18N2O4. The number of aliphatic carboxylic acids is 2. The maximum Gasteiger partial charge on any atom is 0.308 e. The molecule has 2 atom stereocenters. The van der Waals surface area contributed by atoms with Gasteiger partial charge in [-0.3, -0.25) is 9.59 Å². The largest absolute Gasteiger partial charge is 0.481 e. The van der Waals surface area contributed by atoms with E-state index in [9.17, 15) is 9.59 Å². The fourth-order valence-electron chi connectivity index (χ4n) is 1.87. The van der Waals surface area contributed by atoms with Gasteiger partial charge in [0.25, 0.3) is 0 Å². The number of carboxylic acid groups (broad SMARTS) is 2. The topological polar surface area (TPSA) is 89.9 Å². The molecule has 6 nitrogen and oxygen atoms in total. The summed E-state index contributed by atoms with van der Waals surface area (Å²) in [5.41, 5.74) is 0. The standard InChI is InChI=1S/C10H18N2O4/c1-12-3-2-8(6-12)11-5-7(10(15)16)4-9(13)14/h7-8,11H,2-6H2,1H3,(H,13,14)(H,15,16). The molecule has 0 bridgehead atoms. The molecule has 0 spiro atoms. The van der Waals surface area contributed by atoms with Gasteiger partial charge in [-0.15, -0.1) is 0 Å². The van der Waals surface area contributed by atoms with Gasteiger partial charge in [0.1, 0.15) is 0 Å². The Morgan fingerprint density at radius 2 is 2.19 bits per heavy atom. The fourth-order valence-corrected chi connectivity index (χ4v) is 1.87. The van der Waals surface area contributed by atoms with Crippen LogP contribution in [0.1, 0.15) is 12.8 Å². The quantitative estimate of drug-likeness (QED) is 0.567. The first-order chi connectivity index (χ1) is 7.49. The predicted octanol–water partition coefficient (Wildman–Crippen LogP) is -0.544. The summed E-state index contributed by atoms with van der Waals surface area (Å²) in [5, 5.41) is 20.5. The molecule has 1 rings (SSSR count). The van der Waals surface area contributed by atoms with Gasteiger partial charge in [0.05, 0.1) is 12.3 Å². The average Bonchev–Trinajstić information content (AvgIpc) is 2.58. The van der Waals surface area contributed by atoms with Crippen molar-refractivity contribution in [1.29, 1.82) is 0 Å². The molecule has 1 aliphatic heterocycles. The van der Waals surface area contributed by atoms with Crippen LogP contribution in [0.3, 0.4) is 0 Å². The molecule has 0 amide bonds. The van der Waals surface area contributed by atoms with Crippen LogP contribution < -0.4 is 5.32 Å². The molecule has 3 N–H and O–H groups in total. The van der Waals surface area contributed by atoms with E-state index in [4.69, 9.17) is 10.2 Å². The van der Waals surface area contributed by atoms with Gasteiger partial charge in [-0.2, -0.15) is 0 Å². The van der Waals surface area contributed by atoms with Crippen LogP contribution in [0, 0.1) is 5.92 Å². The number of carboxylic acids is 2. The van der Waals surface area contributed by atoms with Gasteiger partial charge >= 0.3 is 11.9 Å². The summed E-state index contributed by atoms with van der Waals surface area (Å²) >= 11 is 0. The van der Waals surface area contributed by atoms with E-state index < -0.39 is 17.9 Å². The first-order valence-electron chi connectivity index (χ1n) is 5.35. The summed E-state index contributed by atoms with van der Waals surface area (Å²) in [5.74, 6) is -2.97. The SMILES string of the molecule is CN1CCC(NCC(CC(=O)O)C(=O)O)C1. The molecule has 0 aromatic rings. The maximum absolute atomic E-state index is 10.8. The summed E-state index contributed by atoms with van der Waals surface area (Å²) in [6.07, 6.45) is 0.654. The van der Waals surface area contributed by atoms with Crippen molar-refractivity contribution in [2.45, 2.75) is 18.9 Å². The van der Waals surface area contributed by atoms with E-state index in [0.29, 0.717) is 0 Å². The van der Waals surface area contributed by atoms with Crippen LogP contribution in [0.25, 0.3) is 0 Å². The number of rotatable bonds is 6. The highest BCUT2D eigenvalue weighted by atomic mass is 16.4. The Morgan fingerprint density at radius 1 is 1.50 bits per heavy atom. The third-order valence-corrected chi connectivity index (χ3v) is 2.81. The minimum Gasteiger partial charge on any atom is -0.481 e. The van der Waals surface area contributed by atoms with E-state index in [1.165, 1.54) is 0 Å². The first-order valence-corrected chi connectivity index (χ1v) is 5.35. The number of likely N-dealkylation sites (N-methyl/N-ethyl adjacent to an activating group) is 1. The molecule has 92 valence electrons. The summed E-state index contributed by atoms with van der Waals surface area (Å²) in [6.45, 7) is 2.11. The molecular weight excluding hydrogens is 212 g/mol. The van der Waals surface area contributed by atoms with Crippen molar-refractivity contribution in [3.63, 3.8) is 0 Å². The van der Waals surface area contributed by atoms with Gasteiger partial charge in [0, 0.05) is 19.1 Å². The first kappa shape index (κ1) is 12.9. The lowest BCUT2D eigenvalue weighted by Crippen LogP contribution is -2.38. The summed E-state index contributed by atoms with van der Waals surface area (Å²) in [6, 6.07) is 0.278. The Labute approximate surface area is 94.2 Å². The van der Waals surface area contributed by atoms with E-state index in [2.05, 4.69) is 10.2 Å². The normalized spacial score (nSPS) is 23.2. The second-order valence-electron chi connectivity index (χ2n) is 4.29. The van der Waals surface area contributed by atoms with E-state index in [0.717, 1.165) is 19.5 Å². The lowest BCUT2D eigenvalue weighted by molar-refractivity contribution is -0.148. The Balaban J connectivity index is 2.32. The maximum atomic E-state index is 10.8. The van der Waals surface area contributed by atoms with Gasteiger partial charge in [0.2, 0.25) is 0 Å². The van der Waals surface area contributed by atoms with E-state index in [1.807, 2.05) is 7.05 Å². The van der Waals surface area contributed by atoms with E-state index >= 15 is 0 Å². The second-order valence-corrected chi connectivity index (χ2v) is 4.29. The fraction of sp³-hybridized carbons (Fsp3) is 0.800. The summed E-state index contributed by atoms with van der Waals surface area (Å²) in [4.78, 5) is 23.4. The Kier molecular flexibility index (Phi) is 4.70. The van der Waals surface area contributed by atoms with Crippen LogP contribution in [0.5, 0.6) is 0 Å². The van der Waals surface area contributed by atoms with Crippen LogP contribution in [-0.2, 0) is 9.59 Å². The molecule has 1 aliphatic rings. The van der Waals surface area contributed by atoms with Crippen LogP contribution >= 0.6 is 0 Å². The molecule has 2 unspecified atom stereocenters. The molecule has 1 fully saturated rings. The number of nitrogens with one attached hydrogen (secondary N) is 1. The predicted molar refractivity (Wildman–Crippen MR) is 57.3 cm³/mol. The highest BCUT2D eigenvalue weighted by Crippen LogP contribution is 2.08. The minimum absolute atomic E-state index is 0.222. The van der Waals surface area contributed by atoms with Gasteiger partial charge in [-0.25, -0.2) is 0 Å². The number of likely N-dealkylation sites (tertiary alicyclic amines) is 1. The molecule has 0 aliphatic carbocycles. The lowest BCUT2D eigenvalue weighted by Gasteiger charge is -2.16. The summed E-state index contributed by atoms with van der Waals surface area (Å²) < 4.78 is 0. The minimum atomic E-state index is -1.07. The highest BCUT2D eigenvalue weighted by Gasteiger charge is 2.24. The highest BCUT2D eigenvalue weighted by molar-refractivity contribution is 5.77. The molecule has 0 radical (unpaired) electrons. The van der Waals surface area contributed by atoms with Crippen LogP contribution in [0.2, 0.25) is 0 Å². The number of carbonyl (C=O) groups is 2. The van der Waals surface area contributed by atoms with Crippen molar-refractivity contribution in [2.75, 3.05) is 26.7 Å². The van der Waals surface area contributed by atoms with Gasteiger partial charge < -0.3 is 20.4 Å². The van der Waals surface area contributed by atoms with Crippen molar-refractivity contribution in [2.24, 2.45) is 5.92 Å². The van der Waals surface area contributed by atoms with Crippen molar-refractivity contribution >= 4 is 11.9 Å². The monoisotopic (exact) mass is 230 g/mol. The zero-order valence-electron chi connectivity index (χ0n) is 9.35. The Bertz CT molecular complexity index is 270. The van der Waals surface area contributed by atoms with E-state index in [1.54, 1.807) is 0 Å². The third kappa shape index (κ3) is 4.16. The number of nitrogens with zero attached hydrogens (tertiary/aromatic N) is 1. The van der Waals surface area contributed by atoms with Crippen molar-refractivity contribution < 1.29 is 19.8 Å². The molecule has 1 saturated heterocycles. The average molecular weight is 230 g/mol. The van der Waals surface area contributed by atoms with Gasteiger partial charge in [0.15, 0.2) is 0 Å². The molecule has 1 heterocycles. The molecule has 0 saturated carbocycles. The number of hydrogen-bond acceptors (Lipinski definition) is 4. The third-order valence-electron chi connectivity index (χ3n) is 2.81. The molecule has 0 aromatic heterocycles. The van der Waals surface area contributed by atoms with Gasteiger partial charge in [-0.05, 0) is 20.0 Å². The van der Waals surface area contributed by atoms with Crippen molar-refractivity contribution in [3.8, 4) is 0 Å². The van der Waals surface area contributed by atoms with Crippen molar-refractivity contribution in [3.05, 3.63) is 0 Å². The van der Waals surface area contributed by atoms with Crippen LogP contribution in [-0.4, -0.2) is 59.8 Å². The smallest absolute Gasteiger partial charge is 0.308 e. The zero-order valence-corrected chi connectivity index (χ0v) is 9.35. The van der Waals surface area contributed by atoms with Crippen molar-refractivity contribution in [1.82, 2.24) is 10.2 Å². The summed E-state index contributed by atoms with van der Waals surface area (Å²) in [7, 11) is 2.01. The van der Waals surface area contributed by atoms with Crippen LogP contribution in [0.15, 0.2) is 0 Å². The second kappa shape index (κ2) is 5.81. The lowest BCUT2D eigenvalue weighted by atomic mass is 10.1. The Morgan fingerprint density at radius 3 is 2.62 bits per heavy atom. The number of hydrogen-bond donors (Lipinski definition) is 3. The van der Waals surface area contributed by atoms with E-state index in [-0.39, 0.29) is 19.0 Å². The Hall–Kier alpha value is -1.14. The van der Waals surface area contributed by atoms with Gasteiger partial charge in [-0.1, -0.05) is 0 Å². The molecule has 16 heavy (non-hydrogen) atoms. The zero-order chi connectivity index (χ0) is 12.1. The molecule has 6 heteroatoms. The molecule has 0 aromatic carbocycles. The van der Waals surface area contributed by atoms with Crippen LogP contribution in [0.4, 0.5) is 0 Å².